The van der Waals surface area contributed by atoms with Gasteiger partial charge in [-0.1, -0.05) is 29.3 Å². The highest BCUT2D eigenvalue weighted by molar-refractivity contribution is 7.92. The Balaban J connectivity index is 2.49. The van der Waals surface area contributed by atoms with Crippen molar-refractivity contribution in [2.24, 2.45) is 0 Å². The molecule has 0 saturated carbocycles. The lowest BCUT2D eigenvalue weighted by molar-refractivity contribution is 0.402. The van der Waals surface area contributed by atoms with Crippen LogP contribution < -0.4 is 9.46 Å². The summed E-state index contributed by atoms with van der Waals surface area (Å²) in [4.78, 5) is 0.0191. The summed E-state index contributed by atoms with van der Waals surface area (Å²) in [7, 11) is -2.36. The summed E-state index contributed by atoms with van der Waals surface area (Å²) in [5.74, 6) is 0.263. The first-order chi connectivity index (χ1) is 10.2. The molecule has 0 aliphatic heterocycles. The third-order valence-corrected chi connectivity index (χ3v) is 5.15. The molecular weight excluding hydrogens is 322 g/mol. The number of rotatable bonds is 4. The molecule has 6 heteroatoms. The van der Waals surface area contributed by atoms with Gasteiger partial charge in [0, 0.05) is 5.02 Å². The van der Waals surface area contributed by atoms with E-state index in [1.165, 1.54) is 13.2 Å². The summed E-state index contributed by atoms with van der Waals surface area (Å²) in [5, 5.41) is 0.377. The number of benzene rings is 2. The maximum atomic E-state index is 12.6. The van der Waals surface area contributed by atoms with Crippen LogP contribution in [0.5, 0.6) is 5.75 Å². The number of anilines is 1. The van der Waals surface area contributed by atoms with Crippen LogP contribution in [0.25, 0.3) is 0 Å². The van der Waals surface area contributed by atoms with Crippen LogP contribution in [0, 0.1) is 20.8 Å². The fourth-order valence-electron chi connectivity index (χ4n) is 2.13. The number of methoxy groups -OCH3 is 1. The predicted octanol–water partition coefficient (Wildman–Crippen LogP) is 4.07. The van der Waals surface area contributed by atoms with Crippen molar-refractivity contribution in [2.75, 3.05) is 11.8 Å². The molecule has 0 amide bonds. The molecule has 1 N–H and O–H groups in total. The van der Waals surface area contributed by atoms with Gasteiger partial charge in [0.15, 0.2) is 0 Å². The second kappa shape index (κ2) is 6.18. The Bertz CT molecular complexity index is 816. The molecule has 2 aromatic rings. The molecule has 0 aliphatic carbocycles. The molecule has 2 rings (SSSR count). The van der Waals surface area contributed by atoms with Gasteiger partial charge in [-0.3, -0.25) is 4.72 Å². The van der Waals surface area contributed by atoms with Gasteiger partial charge in [0.25, 0.3) is 10.0 Å². The predicted molar refractivity (Wildman–Crippen MR) is 89.5 cm³/mol. The van der Waals surface area contributed by atoms with Crippen LogP contribution in [-0.2, 0) is 10.0 Å². The van der Waals surface area contributed by atoms with E-state index in [1.54, 1.807) is 19.1 Å². The van der Waals surface area contributed by atoms with Crippen LogP contribution in [0.1, 0.15) is 16.7 Å². The summed E-state index contributed by atoms with van der Waals surface area (Å²) >= 11 is 6.06. The molecule has 0 spiro atoms. The molecular formula is C16H18ClNO3S. The maximum Gasteiger partial charge on any atom is 0.265 e. The lowest BCUT2D eigenvalue weighted by Gasteiger charge is -2.14. The van der Waals surface area contributed by atoms with E-state index in [9.17, 15) is 8.42 Å². The van der Waals surface area contributed by atoms with Gasteiger partial charge in [-0.05, 0) is 50.1 Å². The summed E-state index contributed by atoms with van der Waals surface area (Å²) in [6.45, 7) is 5.59. The van der Waals surface area contributed by atoms with Crippen molar-refractivity contribution in [2.45, 2.75) is 25.7 Å². The molecule has 118 valence electrons. The van der Waals surface area contributed by atoms with Gasteiger partial charge in [-0.25, -0.2) is 8.42 Å². The second-order valence-corrected chi connectivity index (χ2v) is 7.23. The van der Waals surface area contributed by atoms with E-state index < -0.39 is 10.0 Å². The highest BCUT2D eigenvalue weighted by Crippen LogP contribution is 2.31. The zero-order valence-corrected chi connectivity index (χ0v) is 14.5. The molecule has 0 atom stereocenters. The summed E-state index contributed by atoms with van der Waals surface area (Å²) in [6, 6.07) is 8.52. The first-order valence-electron chi connectivity index (χ1n) is 6.69. The van der Waals surface area contributed by atoms with Crippen LogP contribution in [0.15, 0.2) is 35.2 Å². The zero-order valence-electron chi connectivity index (χ0n) is 12.9. The van der Waals surface area contributed by atoms with Gasteiger partial charge in [0.2, 0.25) is 0 Å². The Hall–Kier alpha value is -1.72. The molecule has 22 heavy (non-hydrogen) atoms. The first kappa shape index (κ1) is 16.6. The average molecular weight is 340 g/mol. The van der Waals surface area contributed by atoms with E-state index in [2.05, 4.69) is 4.72 Å². The van der Waals surface area contributed by atoms with Gasteiger partial charge in [0.1, 0.15) is 10.6 Å². The minimum atomic E-state index is -3.79. The lowest BCUT2D eigenvalue weighted by Crippen LogP contribution is -2.15. The SMILES string of the molecule is COc1cc(C)c(Cl)cc1S(=O)(=O)Nc1ccc(C)cc1C. The van der Waals surface area contributed by atoms with Crippen LogP contribution in [0.2, 0.25) is 5.02 Å². The number of halogens is 1. The molecule has 0 heterocycles. The van der Waals surface area contributed by atoms with Gasteiger partial charge < -0.3 is 4.74 Å². The highest BCUT2D eigenvalue weighted by Gasteiger charge is 2.21. The fourth-order valence-corrected chi connectivity index (χ4v) is 3.67. The lowest BCUT2D eigenvalue weighted by atomic mass is 10.1. The number of nitrogens with one attached hydrogen (secondary N) is 1. The van der Waals surface area contributed by atoms with Crippen LogP contribution in [-0.4, -0.2) is 15.5 Å². The Morgan fingerprint density at radius 3 is 2.32 bits per heavy atom. The van der Waals surface area contributed by atoms with E-state index >= 15 is 0 Å². The van der Waals surface area contributed by atoms with Crippen molar-refractivity contribution in [3.05, 3.63) is 52.0 Å². The number of hydrogen-bond acceptors (Lipinski definition) is 3. The topological polar surface area (TPSA) is 55.4 Å². The summed E-state index contributed by atoms with van der Waals surface area (Å²) in [5.41, 5.74) is 3.20. The zero-order chi connectivity index (χ0) is 16.5. The van der Waals surface area contributed by atoms with Crippen molar-refractivity contribution < 1.29 is 13.2 Å². The second-order valence-electron chi connectivity index (χ2n) is 5.18. The molecule has 0 bridgehead atoms. The van der Waals surface area contributed by atoms with E-state index in [-0.39, 0.29) is 10.6 Å². The Labute approximate surface area is 136 Å². The summed E-state index contributed by atoms with van der Waals surface area (Å²) in [6.07, 6.45) is 0. The van der Waals surface area contributed by atoms with Gasteiger partial charge in [-0.2, -0.15) is 0 Å². The molecule has 2 aromatic carbocycles. The Kier molecular flexibility index (Phi) is 4.68. The number of aryl methyl sites for hydroxylation is 3. The van der Waals surface area contributed by atoms with E-state index in [4.69, 9.17) is 16.3 Å². The average Bonchev–Trinajstić information content (AvgIpc) is 2.44. The molecule has 4 nitrogen and oxygen atoms in total. The molecule has 0 aliphatic rings. The fraction of sp³-hybridized carbons (Fsp3) is 0.250. The Morgan fingerprint density at radius 1 is 1.05 bits per heavy atom. The van der Waals surface area contributed by atoms with Crippen molar-refractivity contribution in [3.8, 4) is 5.75 Å². The van der Waals surface area contributed by atoms with E-state index in [0.717, 1.165) is 16.7 Å². The molecule has 0 unspecified atom stereocenters. The van der Waals surface area contributed by atoms with Gasteiger partial charge in [-0.15, -0.1) is 0 Å². The quantitative estimate of drug-likeness (QED) is 0.913. The number of sulfonamides is 1. The maximum absolute atomic E-state index is 12.6. The smallest absolute Gasteiger partial charge is 0.265 e. The van der Waals surface area contributed by atoms with Crippen molar-refractivity contribution in [1.29, 1.82) is 0 Å². The van der Waals surface area contributed by atoms with E-state index in [1.807, 2.05) is 26.0 Å². The number of ether oxygens (including phenoxy) is 1. The molecule has 0 saturated heterocycles. The van der Waals surface area contributed by atoms with E-state index in [0.29, 0.717) is 10.7 Å². The summed E-state index contributed by atoms with van der Waals surface area (Å²) < 4.78 is 33.0. The highest BCUT2D eigenvalue weighted by atomic mass is 35.5. The molecule has 0 aromatic heterocycles. The minimum absolute atomic E-state index is 0.0191. The molecule has 0 radical (unpaired) electrons. The third kappa shape index (κ3) is 3.36. The van der Waals surface area contributed by atoms with Crippen LogP contribution in [0.4, 0.5) is 5.69 Å². The van der Waals surface area contributed by atoms with Gasteiger partial charge >= 0.3 is 0 Å². The largest absolute Gasteiger partial charge is 0.495 e. The standard InChI is InChI=1S/C16H18ClNO3S/c1-10-5-6-14(12(3)7-10)18-22(19,20)16-9-13(17)11(2)8-15(16)21-4/h5-9,18H,1-4H3. The number of hydrogen-bond donors (Lipinski definition) is 1. The molecule has 0 fully saturated rings. The normalized spacial score (nSPS) is 11.3. The third-order valence-electron chi connectivity index (χ3n) is 3.36. The van der Waals surface area contributed by atoms with Crippen molar-refractivity contribution in [3.63, 3.8) is 0 Å². The minimum Gasteiger partial charge on any atom is -0.495 e. The van der Waals surface area contributed by atoms with Crippen molar-refractivity contribution >= 4 is 27.3 Å². The monoisotopic (exact) mass is 339 g/mol. The van der Waals surface area contributed by atoms with Crippen molar-refractivity contribution in [1.82, 2.24) is 0 Å². The van der Waals surface area contributed by atoms with Gasteiger partial charge in [0.05, 0.1) is 12.8 Å². The van der Waals surface area contributed by atoms with Crippen LogP contribution >= 0.6 is 11.6 Å². The Morgan fingerprint density at radius 2 is 1.73 bits per heavy atom. The van der Waals surface area contributed by atoms with Crippen LogP contribution in [0.3, 0.4) is 0 Å². The first-order valence-corrected chi connectivity index (χ1v) is 8.55.